The standard InChI is InChI=1S/C20H25N5O2S/c1-14-9-15(2)25(22-14)11-17(26)10-23(12-18-5-4-7-27-18)13-19-16(3)21-20-24(19)6-8-28-20/h4-9,17,26H,10-13H2,1-3H3/t17-/m1/s1. The van der Waals surface area contributed by atoms with E-state index < -0.39 is 6.10 Å². The second-order valence-electron chi connectivity index (χ2n) is 7.21. The van der Waals surface area contributed by atoms with Crippen LogP contribution in [0.4, 0.5) is 0 Å². The van der Waals surface area contributed by atoms with Gasteiger partial charge in [-0.2, -0.15) is 5.10 Å². The number of furan rings is 1. The fourth-order valence-electron chi connectivity index (χ4n) is 3.57. The lowest BCUT2D eigenvalue weighted by atomic mass is 10.2. The summed E-state index contributed by atoms with van der Waals surface area (Å²) < 4.78 is 9.54. The lowest BCUT2D eigenvalue weighted by molar-refractivity contribution is 0.0830. The Kier molecular flexibility index (Phi) is 5.34. The van der Waals surface area contributed by atoms with Gasteiger partial charge in [-0.15, -0.1) is 11.3 Å². The number of aromatic nitrogens is 4. The van der Waals surface area contributed by atoms with Gasteiger partial charge in [0.1, 0.15) is 5.76 Å². The lowest BCUT2D eigenvalue weighted by Crippen LogP contribution is -2.35. The average molecular weight is 400 g/mol. The molecule has 4 aromatic rings. The van der Waals surface area contributed by atoms with Crippen molar-refractivity contribution in [1.29, 1.82) is 0 Å². The summed E-state index contributed by atoms with van der Waals surface area (Å²) in [7, 11) is 0. The summed E-state index contributed by atoms with van der Waals surface area (Å²) in [6, 6.07) is 5.88. The Labute approximate surface area is 167 Å². The van der Waals surface area contributed by atoms with E-state index in [1.165, 1.54) is 0 Å². The third-order valence-corrected chi connectivity index (χ3v) is 5.61. The maximum atomic E-state index is 10.8. The number of aryl methyl sites for hydroxylation is 3. The number of hydrogen-bond donors (Lipinski definition) is 1. The van der Waals surface area contributed by atoms with Gasteiger partial charge in [0.05, 0.1) is 42.5 Å². The highest BCUT2D eigenvalue weighted by molar-refractivity contribution is 7.15. The van der Waals surface area contributed by atoms with E-state index in [1.807, 2.05) is 55.2 Å². The summed E-state index contributed by atoms with van der Waals surface area (Å²) in [5.41, 5.74) is 4.18. The molecule has 0 fully saturated rings. The van der Waals surface area contributed by atoms with Gasteiger partial charge in [-0.3, -0.25) is 14.0 Å². The van der Waals surface area contributed by atoms with Crippen molar-refractivity contribution < 1.29 is 9.52 Å². The summed E-state index contributed by atoms with van der Waals surface area (Å²) in [6.07, 6.45) is 3.19. The molecule has 8 heteroatoms. The smallest absolute Gasteiger partial charge is 0.194 e. The van der Waals surface area contributed by atoms with Crippen LogP contribution in [-0.4, -0.2) is 41.8 Å². The molecule has 0 radical (unpaired) electrons. The normalized spacial score (nSPS) is 13.0. The molecule has 0 saturated carbocycles. The first-order valence-electron chi connectivity index (χ1n) is 9.34. The third kappa shape index (κ3) is 4.04. The van der Waals surface area contributed by atoms with E-state index in [4.69, 9.17) is 4.42 Å². The summed E-state index contributed by atoms with van der Waals surface area (Å²) in [4.78, 5) is 7.83. The van der Waals surface area contributed by atoms with E-state index in [9.17, 15) is 5.11 Å². The number of fused-ring (bicyclic) bond motifs is 1. The number of imidazole rings is 1. The third-order valence-electron chi connectivity index (χ3n) is 4.85. The van der Waals surface area contributed by atoms with E-state index in [0.717, 1.165) is 33.5 Å². The Morgan fingerprint density at radius 1 is 1.29 bits per heavy atom. The van der Waals surface area contributed by atoms with Crippen LogP contribution in [0.1, 0.15) is 28.5 Å². The molecule has 1 atom stereocenters. The highest BCUT2D eigenvalue weighted by Gasteiger charge is 2.19. The van der Waals surface area contributed by atoms with Gasteiger partial charge < -0.3 is 9.52 Å². The molecule has 4 rings (SSSR count). The van der Waals surface area contributed by atoms with E-state index >= 15 is 0 Å². The Morgan fingerprint density at radius 2 is 2.14 bits per heavy atom. The topological polar surface area (TPSA) is 71.7 Å². The number of nitrogens with zero attached hydrogens (tertiary/aromatic N) is 5. The van der Waals surface area contributed by atoms with Crippen molar-refractivity contribution in [2.75, 3.05) is 6.54 Å². The first-order chi connectivity index (χ1) is 13.5. The quantitative estimate of drug-likeness (QED) is 0.493. The molecule has 0 unspecified atom stereocenters. The summed E-state index contributed by atoms with van der Waals surface area (Å²) in [6.45, 7) is 8.29. The summed E-state index contributed by atoms with van der Waals surface area (Å²) >= 11 is 1.63. The SMILES string of the molecule is Cc1cc(C)n(C[C@H](O)CN(Cc2ccco2)Cc2c(C)nc3sccn23)n1. The Bertz CT molecular complexity index is 1050. The van der Waals surface area contributed by atoms with Crippen molar-refractivity contribution in [2.45, 2.75) is 46.5 Å². The Morgan fingerprint density at radius 3 is 2.86 bits per heavy atom. The van der Waals surface area contributed by atoms with Gasteiger partial charge in [-0.1, -0.05) is 0 Å². The zero-order valence-corrected chi connectivity index (χ0v) is 17.2. The summed E-state index contributed by atoms with van der Waals surface area (Å²) in [5.74, 6) is 0.877. The highest BCUT2D eigenvalue weighted by atomic mass is 32.1. The van der Waals surface area contributed by atoms with Crippen molar-refractivity contribution in [3.05, 3.63) is 64.6 Å². The van der Waals surface area contributed by atoms with Crippen molar-refractivity contribution in [3.8, 4) is 0 Å². The molecule has 0 bridgehead atoms. The first-order valence-corrected chi connectivity index (χ1v) is 10.2. The predicted octanol–water partition coefficient (Wildman–Crippen LogP) is 3.17. The minimum absolute atomic E-state index is 0.466. The molecule has 148 valence electrons. The lowest BCUT2D eigenvalue weighted by Gasteiger charge is -2.24. The van der Waals surface area contributed by atoms with Gasteiger partial charge in [0.2, 0.25) is 0 Å². The molecule has 0 saturated heterocycles. The van der Waals surface area contributed by atoms with Crippen LogP contribution < -0.4 is 0 Å². The predicted molar refractivity (Wildman–Crippen MR) is 108 cm³/mol. The van der Waals surface area contributed by atoms with Gasteiger partial charge in [0.15, 0.2) is 4.96 Å². The van der Waals surface area contributed by atoms with Gasteiger partial charge in [-0.05, 0) is 39.0 Å². The van der Waals surface area contributed by atoms with Gasteiger partial charge in [0, 0.05) is 30.4 Å². The maximum Gasteiger partial charge on any atom is 0.194 e. The van der Waals surface area contributed by atoms with E-state index in [0.29, 0.717) is 26.2 Å². The van der Waals surface area contributed by atoms with Gasteiger partial charge in [-0.25, -0.2) is 4.98 Å². The molecule has 0 aromatic carbocycles. The maximum absolute atomic E-state index is 10.8. The second kappa shape index (κ2) is 7.90. The molecule has 7 nitrogen and oxygen atoms in total. The summed E-state index contributed by atoms with van der Waals surface area (Å²) in [5, 5.41) is 17.3. The molecule has 4 aromatic heterocycles. The van der Waals surface area contributed by atoms with Crippen LogP contribution in [0.2, 0.25) is 0 Å². The fraction of sp³-hybridized carbons (Fsp3) is 0.400. The van der Waals surface area contributed by atoms with Crippen LogP contribution in [0.15, 0.2) is 40.5 Å². The number of thiazole rings is 1. The van der Waals surface area contributed by atoms with Crippen LogP contribution in [0, 0.1) is 20.8 Å². The van der Waals surface area contributed by atoms with Crippen molar-refractivity contribution in [1.82, 2.24) is 24.1 Å². The van der Waals surface area contributed by atoms with Crippen molar-refractivity contribution in [3.63, 3.8) is 0 Å². The molecule has 0 amide bonds. The first kappa shape index (κ1) is 18.9. The molecular weight excluding hydrogens is 374 g/mol. The van der Waals surface area contributed by atoms with E-state index in [1.54, 1.807) is 17.6 Å². The Balaban J connectivity index is 1.52. The average Bonchev–Trinajstić information content (AvgIpc) is 3.38. The largest absolute Gasteiger partial charge is 0.468 e. The second-order valence-corrected chi connectivity index (χ2v) is 8.08. The zero-order chi connectivity index (χ0) is 19.7. The number of rotatable bonds is 8. The molecular formula is C20H25N5O2S. The van der Waals surface area contributed by atoms with E-state index in [2.05, 4.69) is 19.4 Å². The molecule has 0 aliphatic heterocycles. The minimum atomic E-state index is -0.542. The van der Waals surface area contributed by atoms with Gasteiger partial charge >= 0.3 is 0 Å². The molecule has 0 aliphatic carbocycles. The Hall–Kier alpha value is -2.42. The van der Waals surface area contributed by atoms with Crippen LogP contribution in [0.25, 0.3) is 4.96 Å². The molecule has 1 N–H and O–H groups in total. The van der Waals surface area contributed by atoms with Crippen molar-refractivity contribution in [2.24, 2.45) is 0 Å². The molecule has 28 heavy (non-hydrogen) atoms. The highest BCUT2D eigenvalue weighted by Crippen LogP contribution is 2.20. The van der Waals surface area contributed by atoms with E-state index in [-0.39, 0.29) is 0 Å². The van der Waals surface area contributed by atoms with Crippen molar-refractivity contribution >= 4 is 16.3 Å². The number of aliphatic hydroxyl groups is 1. The van der Waals surface area contributed by atoms with Crippen LogP contribution >= 0.6 is 11.3 Å². The monoisotopic (exact) mass is 399 g/mol. The molecule has 0 aliphatic rings. The molecule has 4 heterocycles. The van der Waals surface area contributed by atoms with Crippen LogP contribution in [-0.2, 0) is 19.6 Å². The van der Waals surface area contributed by atoms with Crippen LogP contribution in [0.5, 0.6) is 0 Å². The van der Waals surface area contributed by atoms with Gasteiger partial charge in [0.25, 0.3) is 0 Å². The fourth-order valence-corrected chi connectivity index (χ4v) is 4.34. The molecule has 0 spiro atoms. The zero-order valence-electron chi connectivity index (χ0n) is 16.4. The number of hydrogen-bond acceptors (Lipinski definition) is 6. The number of aliphatic hydroxyl groups excluding tert-OH is 1. The minimum Gasteiger partial charge on any atom is -0.468 e. The van der Waals surface area contributed by atoms with Crippen LogP contribution in [0.3, 0.4) is 0 Å².